The molecule has 0 aliphatic heterocycles. The number of fused-ring (bicyclic) bond motifs is 9. The fourth-order valence-corrected chi connectivity index (χ4v) is 10.6. The van der Waals surface area contributed by atoms with Crippen LogP contribution < -0.4 is 4.90 Å². The first-order valence-electron chi connectivity index (χ1n) is 21.5. The zero-order valence-electron chi connectivity index (χ0n) is 34.5. The molecular weight excluding hydrogens is 723 g/mol. The van der Waals surface area contributed by atoms with Gasteiger partial charge in [0, 0.05) is 28.9 Å². The molecule has 0 amide bonds. The number of benzene rings is 6. The van der Waals surface area contributed by atoms with Crippen LogP contribution in [0.1, 0.15) is 72.1 Å². The van der Waals surface area contributed by atoms with Gasteiger partial charge in [-0.3, -0.25) is 0 Å². The van der Waals surface area contributed by atoms with Gasteiger partial charge in [0.05, 0.1) is 5.41 Å². The highest BCUT2D eigenvalue weighted by Gasteiger charge is 2.54. The molecule has 0 saturated heterocycles. The van der Waals surface area contributed by atoms with Crippen molar-refractivity contribution in [2.45, 2.75) is 50.9 Å². The molecule has 3 unspecified atom stereocenters. The van der Waals surface area contributed by atoms with Gasteiger partial charge in [-0.05, 0) is 141 Å². The molecule has 11 rings (SSSR count). The molecule has 288 valence electrons. The van der Waals surface area contributed by atoms with E-state index in [0.717, 1.165) is 30.6 Å². The van der Waals surface area contributed by atoms with Crippen molar-refractivity contribution in [1.29, 1.82) is 0 Å². The second kappa shape index (κ2) is 14.1. The predicted octanol–water partition coefficient (Wildman–Crippen LogP) is 14.6. The number of aryl methyl sites for hydroxylation is 1. The molecule has 1 spiro atoms. The molecule has 6 aromatic carbocycles. The van der Waals surface area contributed by atoms with E-state index in [1.54, 1.807) is 0 Å². The van der Waals surface area contributed by atoms with Gasteiger partial charge in [0.1, 0.15) is 0 Å². The van der Waals surface area contributed by atoms with Crippen molar-refractivity contribution in [3.05, 3.63) is 238 Å². The Kier molecular flexibility index (Phi) is 8.54. The lowest BCUT2D eigenvalue weighted by molar-refractivity contribution is 0.577. The van der Waals surface area contributed by atoms with Gasteiger partial charge in [-0.2, -0.15) is 0 Å². The molecule has 6 aromatic rings. The van der Waals surface area contributed by atoms with Crippen molar-refractivity contribution in [3.8, 4) is 34.1 Å². The van der Waals surface area contributed by atoms with Gasteiger partial charge >= 0.3 is 0 Å². The van der Waals surface area contributed by atoms with Crippen molar-refractivity contribution in [2.75, 3.05) is 4.90 Å². The summed E-state index contributed by atoms with van der Waals surface area (Å²) in [5.41, 5.74) is 21.4. The van der Waals surface area contributed by atoms with Gasteiger partial charge in [0.2, 0.25) is 0 Å². The average molecular weight is 770 g/mol. The molecule has 0 saturated carbocycles. The number of hydrogen-bond donors (Lipinski definition) is 0. The highest BCUT2D eigenvalue weighted by Crippen LogP contribution is 2.65. The third-order valence-electron chi connectivity index (χ3n) is 13.6. The molecule has 3 atom stereocenters. The maximum atomic E-state index is 3.55. The van der Waals surface area contributed by atoms with Crippen LogP contribution in [-0.4, -0.2) is 0 Å². The number of nitrogens with zero attached hydrogens (tertiary/aromatic N) is 1. The van der Waals surface area contributed by atoms with E-state index in [9.17, 15) is 0 Å². The van der Waals surface area contributed by atoms with E-state index in [-0.39, 0.29) is 5.41 Å². The quantitative estimate of drug-likeness (QED) is 0.153. The summed E-state index contributed by atoms with van der Waals surface area (Å²) in [7, 11) is 0. The lowest BCUT2D eigenvalue weighted by Crippen LogP contribution is -2.33. The normalized spacial score (nSPS) is 21.6. The molecule has 0 aromatic heterocycles. The number of anilines is 2. The fraction of sp³-hybridized carbons (Fsp3) is 0.153. The first kappa shape index (κ1) is 36.2. The minimum Gasteiger partial charge on any atom is -0.311 e. The molecule has 0 N–H and O–H groups in total. The molecule has 0 bridgehead atoms. The summed E-state index contributed by atoms with van der Waals surface area (Å²) in [4.78, 5) is 2.43. The molecule has 5 aliphatic rings. The highest BCUT2D eigenvalue weighted by atomic mass is 15.1. The van der Waals surface area contributed by atoms with Gasteiger partial charge < -0.3 is 4.90 Å². The lowest BCUT2D eigenvalue weighted by Gasteiger charge is -2.39. The molecule has 1 heteroatoms. The van der Waals surface area contributed by atoms with Crippen molar-refractivity contribution in [3.63, 3.8) is 0 Å². The maximum absolute atomic E-state index is 3.55. The van der Waals surface area contributed by atoms with Crippen LogP contribution in [0.15, 0.2) is 199 Å². The first-order valence-corrected chi connectivity index (χ1v) is 21.5. The summed E-state index contributed by atoms with van der Waals surface area (Å²) < 4.78 is 0. The van der Waals surface area contributed by atoms with Crippen molar-refractivity contribution in [1.82, 2.24) is 0 Å². The van der Waals surface area contributed by atoms with E-state index in [1.165, 1.54) is 83.6 Å². The van der Waals surface area contributed by atoms with Crippen LogP contribution in [-0.2, 0) is 10.8 Å². The molecule has 60 heavy (non-hydrogen) atoms. The smallest absolute Gasteiger partial charge is 0.0700 e. The Morgan fingerprint density at radius 1 is 0.633 bits per heavy atom. The second-order valence-corrected chi connectivity index (χ2v) is 17.4. The number of rotatable bonds is 6. The van der Waals surface area contributed by atoms with Crippen LogP contribution in [0.5, 0.6) is 0 Å². The topological polar surface area (TPSA) is 3.24 Å². The Morgan fingerprint density at radius 2 is 1.35 bits per heavy atom. The Hall–Kier alpha value is -6.88. The Balaban J connectivity index is 1.02. The fourth-order valence-electron chi connectivity index (χ4n) is 10.6. The molecular formula is C59H47N. The van der Waals surface area contributed by atoms with Gasteiger partial charge in [-0.25, -0.2) is 0 Å². The summed E-state index contributed by atoms with van der Waals surface area (Å²) in [5, 5.41) is 0. The van der Waals surface area contributed by atoms with E-state index >= 15 is 0 Å². The SMILES string of the molecule is Cc1ccc2c(c1)C1(C3=C2C=CC#CC3)c2ccccc2-c2cccc(C3(C)C=CC(N(c4ccc(C5=CCC(C)C=C5)cc4)c4ccc(-c5ccccc5)cc4)=CC3)c21. The molecule has 0 heterocycles. The van der Waals surface area contributed by atoms with E-state index < -0.39 is 5.41 Å². The second-order valence-electron chi connectivity index (χ2n) is 17.4. The molecule has 5 aliphatic carbocycles. The number of allylic oxidation sites excluding steroid dienone is 11. The van der Waals surface area contributed by atoms with Gasteiger partial charge in [0.25, 0.3) is 0 Å². The Labute approximate surface area is 355 Å². The van der Waals surface area contributed by atoms with Crippen LogP contribution in [0.3, 0.4) is 0 Å². The largest absolute Gasteiger partial charge is 0.311 e. The van der Waals surface area contributed by atoms with Gasteiger partial charge in [-0.15, -0.1) is 0 Å². The van der Waals surface area contributed by atoms with E-state index in [1.807, 2.05) is 0 Å². The lowest BCUT2D eigenvalue weighted by atomic mass is 9.63. The zero-order valence-corrected chi connectivity index (χ0v) is 34.5. The van der Waals surface area contributed by atoms with Gasteiger partial charge in [-0.1, -0.05) is 177 Å². The van der Waals surface area contributed by atoms with Crippen LogP contribution in [0.4, 0.5) is 11.4 Å². The minimum absolute atomic E-state index is 0.257. The van der Waals surface area contributed by atoms with Crippen LogP contribution in [0.2, 0.25) is 0 Å². The monoisotopic (exact) mass is 769 g/mol. The first-order chi connectivity index (χ1) is 29.4. The zero-order chi connectivity index (χ0) is 40.4. The molecule has 0 fully saturated rings. The van der Waals surface area contributed by atoms with Crippen LogP contribution in [0.25, 0.3) is 33.4 Å². The van der Waals surface area contributed by atoms with Crippen LogP contribution in [0, 0.1) is 24.7 Å². The van der Waals surface area contributed by atoms with E-state index in [4.69, 9.17) is 0 Å². The third kappa shape index (κ3) is 5.62. The van der Waals surface area contributed by atoms with E-state index in [2.05, 4.69) is 226 Å². The summed E-state index contributed by atoms with van der Waals surface area (Å²) in [6.45, 7) is 6.95. The average Bonchev–Trinajstić information content (AvgIpc) is 3.59. The van der Waals surface area contributed by atoms with Crippen molar-refractivity contribution >= 4 is 22.5 Å². The third-order valence-corrected chi connectivity index (χ3v) is 13.6. The predicted molar refractivity (Wildman–Crippen MR) is 252 cm³/mol. The summed E-state index contributed by atoms with van der Waals surface area (Å²) in [6.07, 6.45) is 21.3. The summed E-state index contributed by atoms with van der Waals surface area (Å²) >= 11 is 0. The van der Waals surface area contributed by atoms with Gasteiger partial charge in [0.15, 0.2) is 0 Å². The highest BCUT2D eigenvalue weighted by molar-refractivity contribution is 5.98. The summed E-state index contributed by atoms with van der Waals surface area (Å²) in [5.74, 6) is 7.47. The molecule has 0 radical (unpaired) electrons. The Morgan fingerprint density at radius 3 is 2.10 bits per heavy atom. The van der Waals surface area contributed by atoms with Crippen molar-refractivity contribution < 1.29 is 0 Å². The number of hydrogen-bond acceptors (Lipinski definition) is 1. The standard InChI is InChI=1S/C59H47N/c1-40-21-24-43(25-22-40)45-28-32-47(33-29-45)60(46-30-26-44(27-31-46)42-13-6-4-7-14-42)48-35-37-58(3,38-36-48)55-20-12-17-52-50-16-10-11-19-54(50)59(57(52)55)53-18-9-5-8-15-49(53)51-34-23-41(2)39-56(51)59/h4,6-8,10-17,19-21,23-37,39-40H,18,22,38H2,1-3H3. The van der Waals surface area contributed by atoms with Crippen molar-refractivity contribution in [2.24, 2.45) is 5.92 Å². The maximum Gasteiger partial charge on any atom is 0.0700 e. The summed E-state index contributed by atoms with van der Waals surface area (Å²) in [6, 6.07) is 52.1. The Bertz CT molecular complexity index is 2970. The molecule has 1 nitrogen and oxygen atoms in total. The minimum atomic E-state index is -0.418. The van der Waals surface area contributed by atoms with E-state index in [0.29, 0.717) is 5.92 Å². The van der Waals surface area contributed by atoms with Crippen LogP contribution >= 0.6 is 0 Å².